The lowest BCUT2D eigenvalue weighted by molar-refractivity contribution is -0.137. The zero-order chi connectivity index (χ0) is 11.8. The Morgan fingerprint density at radius 3 is 2.69 bits per heavy atom. The van der Waals surface area contributed by atoms with E-state index in [0.29, 0.717) is 0 Å². The van der Waals surface area contributed by atoms with E-state index >= 15 is 0 Å². The van der Waals surface area contributed by atoms with E-state index in [2.05, 4.69) is 19.2 Å². The number of amides is 1. The van der Waals surface area contributed by atoms with Crippen molar-refractivity contribution in [2.75, 3.05) is 20.1 Å². The van der Waals surface area contributed by atoms with Gasteiger partial charge in [-0.25, -0.2) is 0 Å². The van der Waals surface area contributed by atoms with Crippen LogP contribution in [0.25, 0.3) is 0 Å². The number of nitrogens with zero attached hydrogens (tertiary/aromatic N) is 1. The van der Waals surface area contributed by atoms with Crippen LogP contribution in [0.4, 0.5) is 0 Å². The molecule has 0 radical (unpaired) electrons. The van der Waals surface area contributed by atoms with Gasteiger partial charge in [-0.2, -0.15) is 0 Å². The second-order valence-electron chi connectivity index (χ2n) is 5.87. The molecule has 2 rings (SSSR count). The summed E-state index contributed by atoms with van der Waals surface area (Å²) in [7, 11) is 1.95. The minimum atomic E-state index is -0.300. The van der Waals surface area contributed by atoms with Crippen molar-refractivity contribution in [3.8, 4) is 0 Å². The molecule has 3 atom stereocenters. The van der Waals surface area contributed by atoms with Gasteiger partial charge < -0.3 is 10.2 Å². The summed E-state index contributed by atoms with van der Waals surface area (Å²) in [5.41, 5.74) is -0.300. The van der Waals surface area contributed by atoms with Gasteiger partial charge in [0.1, 0.15) is 0 Å². The van der Waals surface area contributed by atoms with E-state index in [9.17, 15) is 4.79 Å². The summed E-state index contributed by atoms with van der Waals surface area (Å²) >= 11 is 0. The Labute approximate surface area is 98.6 Å². The summed E-state index contributed by atoms with van der Waals surface area (Å²) < 4.78 is 0. The summed E-state index contributed by atoms with van der Waals surface area (Å²) in [5, 5.41) is 3.39. The molecule has 92 valence electrons. The fraction of sp³-hybridized carbons (Fsp3) is 0.923. The van der Waals surface area contributed by atoms with Crippen LogP contribution in [-0.2, 0) is 4.79 Å². The predicted octanol–water partition coefficient (Wildman–Crippen LogP) is 1.63. The molecule has 1 heterocycles. The molecule has 0 aromatic rings. The van der Waals surface area contributed by atoms with E-state index < -0.39 is 0 Å². The summed E-state index contributed by atoms with van der Waals surface area (Å²) in [6.45, 7) is 6.25. The van der Waals surface area contributed by atoms with Gasteiger partial charge in [-0.3, -0.25) is 4.79 Å². The van der Waals surface area contributed by atoms with Gasteiger partial charge in [0.2, 0.25) is 5.91 Å². The zero-order valence-corrected chi connectivity index (χ0v) is 10.8. The van der Waals surface area contributed by atoms with E-state index in [1.54, 1.807) is 0 Å². The molecule has 16 heavy (non-hydrogen) atoms. The normalized spacial score (nSPS) is 38.2. The van der Waals surface area contributed by atoms with Crippen molar-refractivity contribution in [3.05, 3.63) is 0 Å². The number of likely N-dealkylation sites (N-methyl/N-ethyl adjacent to an activating group) is 1. The van der Waals surface area contributed by atoms with Crippen molar-refractivity contribution in [1.82, 2.24) is 10.2 Å². The highest BCUT2D eigenvalue weighted by molar-refractivity contribution is 5.85. The molecule has 3 heteroatoms. The number of hydrogen-bond donors (Lipinski definition) is 1. The van der Waals surface area contributed by atoms with Crippen LogP contribution < -0.4 is 5.32 Å². The van der Waals surface area contributed by atoms with Crippen LogP contribution >= 0.6 is 0 Å². The van der Waals surface area contributed by atoms with E-state index in [1.165, 1.54) is 19.3 Å². The molecule has 1 amide bonds. The third kappa shape index (κ3) is 2.40. The van der Waals surface area contributed by atoms with Crippen molar-refractivity contribution < 1.29 is 4.79 Å². The number of rotatable bonds is 3. The van der Waals surface area contributed by atoms with Crippen LogP contribution in [0, 0.1) is 11.8 Å². The standard InChI is InChI=1S/C13H24N2O/c1-10-8-11(10)9-15(3)12(16)13(2)6-4-5-7-14-13/h10-11,14H,4-9H2,1-3H3. The van der Waals surface area contributed by atoms with Crippen LogP contribution in [-0.4, -0.2) is 36.5 Å². The quantitative estimate of drug-likeness (QED) is 0.790. The Bertz CT molecular complexity index is 271. The first-order chi connectivity index (χ1) is 7.53. The molecular formula is C13H24N2O. The minimum absolute atomic E-state index is 0.284. The molecule has 1 aliphatic heterocycles. The summed E-state index contributed by atoms with van der Waals surface area (Å²) in [4.78, 5) is 14.3. The molecule has 1 aliphatic carbocycles. The van der Waals surface area contributed by atoms with Crippen molar-refractivity contribution in [2.45, 2.75) is 45.1 Å². The smallest absolute Gasteiger partial charge is 0.242 e. The molecule has 0 aromatic carbocycles. The summed E-state index contributed by atoms with van der Waals surface area (Å²) in [6.07, 6.45) is 4.65. The lowest BCUT2D eigenvalue weighted by Gasteiger charge is -2.36. The molecule has 0 aromatic heterocycles. The highest BCUT2D eigenvalue weighted by Gasteiger charge is 2.39. The molecule has 3 unspecified atom stereocenters. The third-order valence-corrected chi connectivity index (χ3v) is 4.22. The Kier molecular flexibility index (Phi) is 3.24. The van der Waals surface area contributed by atoms with E-state index in [-0.39, 0.29) is 11.4 Å². The number of hydrogen-bond acceptors (Lipinski definition) is 2. The largest absolute Gasteiger partial charge is 0.344 e. The molecule has 3 nitrogen and oxygen atoms in total. The topological polar surface area (TPSA) is 32.3 Å². The van der Waals surface area contributed by atoms with E-state index in [4.69, 9.17) is 0 Å². The van der Waals surface area contributed by atoms with E-state index in [1.807, 2.05) is 11.9 Å². The van der Waals surface area contributed by atoms with E-state index in [0.717, 1.165) is 31.3 Å². The highest BCUT2D eigenvalue weighted by atomic mass is 16.2. The Morgan fingerprint density at radius 2 is 2.19 bits per heavy atom. The molecule has 2 aliphatic rings. The Morgan fingerprint density at radius 1 is 1.50 bits per heavy atom. The third-order valence-electron chi connectivity index (χ3n) is 4.22. The zero-order valence-electron chi connectivity index (χ0n) is 10.8. The van der Waals surface area contributed by atoms with Gasteiger partial charge in [0.05, 0.1) is 5.54 Å². The SMILES string of the molecule is CC1CC1CN(C)C(=O)C1(C)CCCCN1. The van der Waals surface area contributed by atoms with Crippen molar-refractivity contribution in [3.63, 3.8) is 0 Å². The average molecular weight is 224 g/mol. The monoisotopic (exact) mass is 224 g/mol. The molecule has 0 spiro atoms. The fourth-order valence-corrected chi connectivity index (χ4v) is 2.75. The molecule has 1 saturated heterocycles. The summed E-state index contributed by atoms with van der Waals surface area (Å²) in [5.74, 6) is 1.86. The maximum Gasteiger partial charge on any atom is 0.242 e. The second kappa shape index (κ2) is 4.36. The van der Waals surface area contributed by atoms with Crippen molar-refractivity contribution >= 4 is 5.91 Å². The van der Waals surface area contributed by atoms with Gasteiger partial charge in [0.25, 0.3) is 0 Å². The lowest BCUT2D eigenvalue weighted by atomic mass is 9.89. The van der Waals surface area contributed by atoms with Gasteiger partial charge in [-0.05, 0) is 51.0 Å². The number of nitrogens with one attached hydrogen (secondary N) is 1. The number of carbonyl (C=O) groups is 1. The molecular weight excluding hydrogens is 200 g/mol. The fourth-order valence-electron chi connectivity index (χ4n) is 2.75. The molecule has 1 N–H and O–H groups in total. The van der Waals surface area contributed by atoms with Crippen molar-refractivity contribution in [1.29, 1.82) is 0 Å². The predicted molar refractivity (Wildman–Crippen MR) is 65.2 cm³/mol. The highest BCUT2D eigenvalue weighted by Crippen LogP contribution is 2.38. The summed E-state index contributed by atoms with van der Waals surface area (Å²) in [6, 6.07) is 0. The minimum Gasteiger partial charge on any atom is -0.344 e. The first-order valence-corrected chi connectivity index (χ1v) is 6.53. The van der Waals surface area contributed by atoms with Gasteiger partial charge in [-0.15, -0.1) is 0 Å². The van der Waals surface area contributed by atoms with Crippen LogP contribution in [0.2, 0.25) is 0 Å². The lowest BCUT2D eigenvalue weighted by Crippen LogP contribution is -2.57. The van der Waals surface area contributed by atoms with Crippen molar-refractivity contribution in [2.24, 2.45) is 11.8 Å². The Balaban J connectivity index is 1.89. The van der Waals surface area contributed by atoms with Gasteiger partial charge in [-0.1, -0.05) is 6.92 Å². The van der Waals surface area contributed by atoms with Crippen LogP contribution in [0.15, 0.2) is 0 Å². The molecule has 2 fully saturated rings. The second-order valence-corrected chi connectivity index (χ2v) is 5.87. The number of carbonyl (C=O) groups excluding carboxylic acids is 1. The Hall–Kier alpha value is -0.570. The number of piperidine rings is 1. The average Bonchev–Trinajstić information content (AvgIpc) is 2.94. The first kappa shape index (κ1) is 11.9. The van der Waals surface area contributed by atoms with Gasteiger partial charge in [0, 0.05) is 13.6 Å². The van der Waals surface area contributed by atoms with Crippen LogP contribution in [0.5, 0.6) is 0 Å². The van der Waals surface area contributed by atoms with Gasteiger partial charge in [0.15, 0.2) is 0 Å². The molecule has 0 bridgehead atoms. The maximum absolute atomic E-state index is 12.4. The van der Waals surface area contributed by atoms with Crippen LogP contribution in [0.1, 0.15) is 39.5 Å². The molecule has 1 saturated carbocycles. The van der Waals surface area contributed by atoms with Crippen LogP contribution in [0.3, 0.4) is 0 Å². The maximum atomic E-state index is 12.4. The first-order valence-electron chi connectivity index (χ1n) is 6.53. The van der Waals surface area contributed by atoms with Gasteiger partial charge >= 0.3 is 0 Å².